The zero-order valence-electron chi connectivity index (χ0n) is 9.28. The molecule has 0 unspecified atom stereocenters. The molecule has 3 nitrogen and oxygen atoms in total. The van der Waals surface area contributed by atoms with Crippen molar-refractivity contribution >= 4 is 0 Å². The summed E-state index contributed by atoms with van der Waals surface area (Å²) in [5.74, 6) is -0.934. The van der Waals surface area contributed by atoms with Gasteiger partial charge in [0.2, 0.25) is 0 Å². The maximum absolute atomic E-state index is 13.1. The first-order valence-corrected chi connectivity index (χ1v) is 5.20. The summed E-state index contributed by atoms with van der Waals surface area (Å²) in [5, 5.41) is 0. The van der Waals surface area contributed by atoms with Gasteiger partial charge in [0.25, 0.3) is 6.43 Å². The Morgan fingerprint density at radius 2 is 2.00 bits per heavy atom. The highest BCUT2D eigenvalue weighted by atomic mass is 19.3. The zero-order chi connectivity index (χ0) is 13.1. The van der Waals surface area contributed by atoms with E-state index < -0.39 is 17.8 Å². The van der Waals surface area contributed by atoms with E-state index in [1.807, 2.05) is 0 Å². The van der Waals surface area contributed by atoms with E-state index in [1.54, 1.807) is 0 Å². The van der Waals surface area contributed by atoms with Gasteiger partial charge in [-0.25, -0.2) is 18.2 Å². The number of halogens is 3. The van der Waals surface area contributed by atoms with E-state index >= 15 is 0 Å². The molecular formula is C12H10F3N3. The molecule has 2 aromatic rings. The van der Waals surface area contributed by atoms with Crippen molar-refractivity contribution in [2.45, 2.75) is 13.0 Å². The number of nitrogens with two attached hydrogens (primary N) is 1. The number of benzene rings is 1. The quantitative estimate of drug-likeness (QED) is 0.914. The van der Waals surface area contributed by atoms with E-state index in [0.29, 0.717) is 17.0 Å². The summed E-state index contributed by atoms with van der Waals surface area (Å²) in [4.78, 5) is 8.04. The van der Waals surface area contributed by atoms with Gasteiger partial charge < -0.3 is 5.73 Å². The summed E-state index contributed by atoms with van der Waals surface area (Å²) >= 11 is 0. The first kappa shape index (κ1) is 12.5. The van der Waals surface area contributed by atoms with Gasteiger partial charge in [0.1, 0.15) is 5.82 Å². The van der Waals surface area contributed by atoms with Crippen LogP contribution in [0.2, 0.25) is 0 Å². The minimum Gasteiger partial charge on any atom is -0.325 e. The second-order valence-corrected chi connectivity index (χ2v) is 3.64. The molecule has 0 bridgehead atoms. The Morgan fingerprint density at radius 1 is 1.22 bits per heavy atom. The van der Waals surface area contributed by atoms with Crippen molar-refractivity contribution in [1.29, 1.82) is 0 Å². The molecule has 0 fully saturated rings. The second-order valence-electron chi connectivity index (χ2n) is 3.64. The normalized spacial score (nSPS) is 10.9. The molecule has 0 radical (unpaired) electrons. The van der Waals surface area contributed by atoms with Crippen molar-refractivity contribution in [3.63, 3.8) is 0 Å². The summed E-state index contributed by atoms with van der Waals surface area (Å²) in [6.07, 6.45) is 0.0403. The third-order valence-corrected chi connectivity index (χ3v) is 2.42. The van der Waals surface area contributed by atoms with E-state index in [0.717, 1.165) is 12.1 Å². The second kappa shape index (κ2) is 5.14. The standard InChI is InChI=1S/C12H10F3N3/c13-10-2-1-7(3-9(10)12(14)15)11-6-17-5-8(4-16)18-11/h1-3,5-6,12H,4,16H2. The van der Waals surface area contributed by atoms with Crippen LogP contribution in [0.1, 0.15) is 17.7 Å². The molecule has 1 aromatic heterocycles. The van der Waals surface area contributed by atoms with Crippen molar-refractivity contribution in [1.82, 2.24) is 9.97 Å². The SMILES string of the molecule is NCc1cncc(-c2ccc(F)c(C(F)F)c2)n1. The van der Waals surface area contributed by atoms with Crippen LogP contribution in [-0.2, 0) is 6.54 Å². The molecule has 0 aliphatic rings. The van der Waals surface area contributed by atoms with Gasteiger partial charge in [-0.05, 0) is 18.2 Å². The van der Waals surface area contributed by atoms with E-state index in [1.165, 1.54) is 18.5 Å². The van der Waals surface area contributed by atoms with Gasteiger partial charge in [0.05, 0.1) is 23.1 Å². The predicted octanol–water partition coefficient (Wildman–Crippen LogP) is 2.68. The minimum atomic E-state index is -2.87. The molecule has 0 saturated carbocycles. The maximum atomic E-state index is 13.1. The maximum Gasteiger partial charge on any atom is 0.266 e. The highest BCUT2D eigenvalue weighted by molar-refractivity contribution is 5.59. The molecule has 1 heterocycles. The van der Waals surface area contributed by atoms with Crippen LogP contribution in [0.25, 0.3) is 11.3 Å². The van der Waals surface area contributed by atoms with Crippen LogP contribution < -0.4 is 5.73 Å². The Kier molecular flexibility index (Phi) is 3.57. The van der Waals surface area contributed by atoms with Crippen molar-refractivity contribution in [2.75, 3.05) is 0 Å². The van der Waals surface area contributed by atoms with Crippen molar-refractivity contribution in [2.24, 2.45) is 5.73 Å². The lowest BCUT2D eigenvalue weighted by molar-refractivity contribution is 0.146. The Labute approximate surface area is 101 Å². The highest BCUT2D eigenvalue weighted by Crippen LogP contribution is 2.26. The van der Waals surface area contributed by atoms with Crippen molar-refractivity contribution in [3.05, 3.63) is 47.7 Å². The van der Waals surface area contributed by atoms with Gasteiger partial charge in [-0.2, -0.15) is 0 Å². The molecule has 0 aliphatic carbocycles. The van der Waals surface area contributed by atoms with E-state index in [2.05, 4.69) is 9.97 Å². The third-order valence-electron chi connectivity index (χ3n) is 2.42. The average molecular weight is 253 g/mol. The lowest BCUT2D eigenvalue weighted by atomic mass is 10.1. The number of alkyl halides is 2. The molecule has 0 spiro atoms. The third kappa shape index (κ3) is 2.48. The van der Waals surface area contributed by atoms with Crippen LogP contribution in [0.4, 0.5) is 13.2 Å². The number of hydrogen-bond donors (Lipinski definition) is 1. The molecule has 2 N–H and O–H groups in total. The fraction of sp³-hybridized carbons (Fsp3) is 0.167. The fourth-order valence-corrected chi connectivity index (χ4v) is 1.51. The monoisotopic (exact) mass is 253 g/mol. The van der Waals surface area contributed by atoms with Crippen molar-refractivity contribution < 1.29 is 13.2 Å². The number of rotatable bonds is 3. The first-order valence-electron chi connectivity index (χ1n) is 5.20. The Hall–Kier alpha value is -1.95. The summed E-state index contributed by atoms with van der Waals surface area (Å²) < 4.78 is 38.3. The molecule has 0 aliphatic heterocycles. The Morgan fingerprint density at radius 3 is 2.67 bits per heavy atom. The number of aromatic nitrogens is 2. The van der Waals surface area contributed by atoms with E-state index in [4.69, 9.17) is 5.73 Å². The smallest absolute Gasteiger partial charge is 0.266 e. The molecule has 94 valence electrons. The molecule has 0 saturated heterocycles. The summed E-state index contributed by atoms with van der Waals surface area (Å²) in [7, 11) is 0. The van der Waals surface area contributed by atoms with Gasteiger partial charge in [-0.15, -0.1) is 0 Å². The summed E-state index contributed by atoms with van der Waals surface area (Å²) in [6.45, 7) is 0.198. The minimum absolute atomic E-state index is 0.198. The largest absolute Gasteiger partial charge is 0.325 e. The molecule has 0 atom stereocenters. The zero-order valence-corrected chi connectivity index (χ0v) is 9.28. The van der Waals surface area contributed by atoms with Crippen LogP contribution in [0, 0.1) is 5.82 Å². The molecule has 6 heteroatoms. The van der Waals surface area contributed by atoms with Gasteiger partial charge in [0, 0.05) is 18.3 Å². The molecule has 0 amide bonds. The van der Waals surface area contributed by atoms with E-state index in [-0.39, 0.29) is 6.54 Å². The van der Waals surface area contributed by atoms with Crippen LogP contribution in [0.15, 0.2) is 30.6 Å². The molecule has 2 rings (SSSR count). The van der Waals surface area contributed by atoms with Crippen LogP contribution >= 0.6 is 0 Å². The van der Waals surface area contributed by atoms with Gasteiger partial charge in [-0.1, -0.05) is 0 Å². The summed E-state index contributed by atoms with van der Waals surface area (Å²) in [6, 6.07) is 3.45. The lowest BCUT2D eigenvalue weighted by Crippen LogP contribution is -2.01. The topological polar surface area (TPSA) is 51.8 Å². The summed E-state index contributed by atoms with van der Waals surface area (Å²) in [5.41, 5.74) is 6.08. The number of nitrogens with zero attached hydrogens (tertiary/aromatic N) is 2. The van der Waals surface area contributed by atoms with Crippen LogP contribution in [0.5, 0.6) is 0 Å². The predicted molar refractivity (Wildman–Crippen MR) is 60.3 cm³/mol. The molecule has 1 aromatic carbocycles. The lowest BCUT2D eigenvalue weighted by Gasteiger charge is -2.06. The van der Waals surface area contributed by atoms with Crippen molar-refractivity contribution in [3.8, 4) is 11.3 Å². The molecular weight excluding hydrogens is 243 g/mol. The van der Waals surface area contributed by atoms with E-state index in [9.17, 15) is 13.2 Å². The number of hydrogen-bond acceptors (Lipinski definition) is 3. The molecule has 18 heavy (non-hydrogen) atoms. The Balaban J connectivity index is 2.47. The van der Waals surface area contributed by atoms with Gasteiger partial charge in [0.15, 0.2) is 0 Å². The van der Waals surface area contributed by atoms with Crippen LogP contribution in [-0.4, -0.2) is 9.97 Å². The van der Waals surface area contributed by atoms with Gasteiger partial charge in [-0.3, -0.25) is 4.98 Å². The fourth-order valence-electron chi connectivity index (χ4n) is 1.51. The first-order chi connectivity index (χ1) is 8.61. The average Bonchev–Trinajstić information content (AvgIpc) is 2.39. The highest BCUT2D eigenvalue weighted by Gasteiger charge is 2.14. The van der Waals surface area contributed by atoms with Crippen LogP contribution in [0.3, 0.4) is 0 Å². The Bertz CT molecular complexity index is 558. The van der Waals surface area contributed by atoms with Gasteiger partial charge >= 0.3 is 0 Å².